The summed E-state index contributed by atoms with van der Waals surface area (Å²) >= 11 is 0. The average Bonchev–Trinajstić information content (AvgIpc) is 3.00. The molecule has 0 aliphatic rings. The second kappa shape index (κ2) is 6.60. The van der Waals surface area contributed by atoms with Crippen LogP contribution in [0.2, 0.25) is 0 Å². The van der Waals surface area contributed by atoms with Crippen LogP contribution in [0.3, 0.4) is 0 Å². The topological polar surface area (TPSA) is 68.5 Å². The zero-order valence-electron chi connectivity index (χ0n) is 11.6. The van der Waals surface area contributed by atoms with Crippen LogP contribution in [0.4, 0.5) is 5.82 Å². The fourth-order valence-corrected chi connectivity index (χ4v) is 2.06. The van der Waals surface area contributed by atoms with Crippen LogP contribution in [-0.4, -0.2) is 24.7 Å². The minimum atomic E-state index is 0.577. The van der Waals surface area contributed by atoms with Crippen LogP contribution in [0.25, 0.3) is 0 Å². The van der Waals surface area contributed by atoms with Crippen LogP contribution in [0.1, 0.15) is 11.4 Å². The predicted molar refractivity (Wildman–Crippen MR) is 79.5 cm³/mol. The molecule has 1 aromatic carbocycles. The average molecular weight is 280 g/mol. The van der Waals surface area contributed by atoms with Gasteiger partial charge in [-0.2, -0.15) is 0 Å². The van der Waals surface area contributed by atoms with Gasteiger partial charge in [0.15, 0.2) is 5.82 Å². The first-order valence-corrected chi connectivity index (χ1v) is 6.82. The zero-order valence-corrected chi connectivity index (χ0v) is 11.6. The fraction of sp³-hybridized carbons (Fsp3) is 0.200. The Morgan fingerprint density at radius 3 is 2.81 bits per heavy atom. The molecule has 21 heavy (non-hydrogen) atoms. The molecule has 0 saturated carbocycles. The number of benzene rings is 1. The first kappa shape index (κ1) is 13.2. The lowest BCUT2D eigenvalue weighted by Gasteiger charge is -2.08. The van der Waals surface area contributed by atoms with Crippen LogP contribution in [-0.2, 0) is 19.5 Å². The molecular weight excluding hydrogens is 264 g/mol. The predicted octanol–water partition coefficient (Wildman–Crippen LogP) is 1.92. The van der Waals surface area contributed by atoms with Crippen molar-refractivity contribution in [2.24, 2.45) is 0 Å². The molecule has 0 aliphatic heterocycles. The highest BCUT2D eigenvalue weighted by atomic mass is 15.3. The van der Waals surface area contributed by atoms with E-state index in [0.717, 1.165) is 24.6 Å². The summed E-state index contributed by atoms with van der Waals surface area (Å²) in [6.07, 6.45) is 7.70. The van der Waals surface area contributed by atoms with Crippen molar-refractivity contribution in [2.45, 2.75) is 19.5 Å². The van der Waals surface area contributed by atoms with Crippen molar-refractivity contribution in [1.82, 2.24) is 24.7 Å². The smallest absolute Gasteiger partial charge is 0.152 e. The molecule has 0 fully saturated rings. The van der Waals surface area contributed by atoms with Gasteiger partial charge in [0.25, 0.3) is 0 Å². The number of hydrogen-bond donors (Lipinski definition) is 1. The van der Waals surface area contributed by atoms with E-state index in [1.165, 1.54) is 5.56 Å². The van der Waals surface area contributed by atoms with Gasteiger partial charge in [-0.1, -0.05) is 30.3 Å². The summed E-state index contributed by atoms with van der Waals surface area (Å²) in [6, 6.07) is 10.4. The van der Waals surface area contributed by atoms with Gasteiger partial charge in [-0.15, -0.1) is 10.2 Å². The Balaban J connectivity index is 1.59. The number of aromatic nitrogens is 5. The highest BCUT2D eigenvalue weighted by molar-refractivity contribution is 5.29. The third kappa shape index (κ3) is 3.62. The second-order valence-corrected chi connectivity index (χ2v) is 4.62. The fourth-order valence-electron chi connectivity index (χ4n) is 2.06. The first-order valence-electron chi connectivity index (χ1n) is 6.82. The van der Waals surface area contributed by atoms with Crippen LogP contribution in [0, 0.1) is 0 Å². The van der Waals surface area contributed by atoms with Crippen molar-refractivity contribution in [1.29, 1.82) is 0 Å². The molecular formula is C15H16N6. The maximum absolute atomic E-state index is 4.17. The quantitative estimate of drug-likeness (QED) is 0.747. The molecule has 1 N–H and O–H groups in total. The first-order chi connectivity index (χ1) is 10.4. The maximum Gasteiger partial charge on any atom is 0.152 e. The van der Waals surface area contributed by atoms with E-state index in [-0.39, 0.29) is 0 Å². The van der Waals surface area contributed by atoms with Crippen molar-refractivity contribution in [2.75, 3.05) is 5.32 Å². The molecule has 0 saturated heterocycles. The summed E-state index contributed by atoms with van der Waals surface area (Å²) in [6.45, 7) is 1.43. The van der Waals surface area contributed by atoms with Gasteiger partial charge >= 0.3 is 0 Å². The van der Waals surface area contributed by atoms with Gasteiger partial charge in [-0.25, -0.2) is 4.98 Å². The van der Waals surface area contributed by atoms with Gasteiger partial charge in [0.05, 0.1) is 12.7 Å². The number of aryl methyl sites for hydroxylation is 2. The molecule has 0 radical (unpaired) electrons. The highest BCUT2D eigenvalue weighted by Gasteiger charge is 2.04. The normalized spacial score (nSPS) is 10.5. The molecule has 0 bridgehead atoms. The molecule has 0 aliphatic carbocycles. The molecule has 0 atom stereocenters. The summed E-state index contributed by atoms with van der Waals surface area (Å²) in [4.78, 5) is 8.19. The lowest BCUT2D eigenvalue weighted by molar-refractivity contribution is 0.657. The minimum absolute atomic E-state index is 0.577. The van der Waals surface area contributed by atoms with Crippen LogP contribution < -0.4 is 5.32 Å². The Labute approximate surface area is 122 Å². The largest absolute Gasteiger partial charge is 0.361 e. The van der Waals surface area contributed by atoms with E-state index in [1.54, 1.807) is 24.9 Å². The second-order valence-electron chi connectivity index (χ2n) is 4.62. The molecule has 2 heterocycles. The van der Waals surface area contributed by atoms with E-state index in [0.29, 0.717) is 6.54 Å². The van der Waals surface area contributed by atoms with E-state index < -0.39 is 0 Å². The van der Waals surface area contributed by atoms with E-state index >= 15 is 0 Å². The minimum Gasteiger partial charge on any atom is -0.361 e. The Morgan fingerprint density at radius 2 is 2.00 bits per heavy atom. The molecule has 3 aromatic rings. The van der Waals surface area contributed by atoms with Gasteiger partial charge in [-0.3, -0.25) is 4.98 Å². The summed E-state index contributed by atoms with van der Waals surface area (Å²) in [5, 5.41) is 11.3. The summed E-state index contributed by atoms with van der Waals surface area (Å²) < 4.78 is 2.05. The molecule has 106 valence electrons. The molecule has 0 unspecified atom stereocenters. The zero-order chi connectivity index (χ0) is 14.3. The Morgan fingerprint density at radius 1 is 1.10 bits per heavy atom. The molecule has 3 rings (SSSR count). The van der Waals surface area contributed by atoms with Gasteiger partial charge < -0.3 is 9.88 Å². The maximum atomic E-state index is 4.17. The lowest BCUT2D eigenvalue weighted by Crippen LogP contribution is -2.10. The molecule has 6 nitrogen and oxygen atoms in total. The lowest BCUT2D eigenvalue weighted by atomic mass is 10.1. The number of nitrogens with zero attached hydrogens (tertiary/aromatic N) is 5. The number of nitrogens with one attached hydrogen (secondary N) is 1. The Hall–Kier alpha value is -2.76. The third-order valence-electron chi connectivity index (χ3n) is 3.17. The molecule has 6 heteroatoms. The summed E-state index contributed by atoms with van der Waals surface area (Å²) in [5.41, 5.74) is 1.30. The van der Waals surface area contributed by atoms with Crippen LogP contribution in [0.5, 0.6) is 0 Å². The third-order valence-corrected chi connectivity index (χ3v) is 3.17. The van der Waals surface area contributed by atoms with Crippen molar-refractivity contribution in [3.05, 3.63) is 66.6 Å². The van der Waals surface area contributed by atoms with Crippen molar-refractivity contribution in [3.63, 3.8) is 0 Å². The van der Waals surface area contributed by atoms with E-state index in [4.69, 9.17) is 0 Å². The van der Waals surface area contributed by atoms with Crippen molar-refractivity contribution >= 4 is 5.82 Å². The highest BCUT2D eigenvalue weighted by Crippen LogP contribution is 2.05. The SMILES string of the molecule is c1ccc(CCn2cnnc2CNc2cnccn2)cc1. The number of anilines is 1. The number of hydrogen-bond acceptors (Lipinski definition) is 5. The van der Waals surface area contributed by atoms with Crippen molar-refractivity contribution < 1.29 is 0 Å². The Kier molecular flexibility index (Phi) is 4.16. The van der Waals surface area contributed by atoms with E-state index in [1.807, 2.05) is 6.07 Å². The van der Waals surface area contributed by atoms with Crippen LogP contribution >= 0.6 is 0 Å². The Bertz CT molecular complexity index is 607. The summed E-state index contributed by atoms with van der Waals surface area (Å²) in [5.74, 6) is 1.62. The molecule has 0 spiro atoms. The summed E-state index contributed by atoms with van der Waals surface area (Å²) in [7, 11) is 0. The molecule has 0 amide bonds. The van der Waals surface area contributed by atoms with E-state index in [9.17, 15) is 0 Å². The van der Waals surface area contributed by atoms with Gasteiger partial charge in [-0.05, 0) is 12.0 Å². The number of rotatable bonds is 6. The van der Waals surface area contributed by atoms with Crippen LogP contribution in [0.15, 0.2) is 55.2 Å². The van der Waals surface area contributed by atoms with E-state index in [2.05, 4.69) is 54.3 Å². The van der Waals surface area contributed by atoms with Crippen molar-refractivity contribution in [3.8, 4) is 0 Å². The standard InChI is InChI=1S/C15H16N6/c1-2-4-13(5-3-1)6-9-21-12-19-20-15(21)11-18-14-10-16-7-8-17-14/h1-5,7-8,10,12H,6,9,11H2,(H,17,18). The molecule has 2 aromatic heterocycles. The van der Waals surface area contributed by atoms with Gasteiger partial charge in [0.2, 0.25) is 0 Å². The van der Waals surface area contributed by atoms with Gasteiger partial charge in [0.1, 0.15) is 12.1 Å². The van der Waals surface area contributed by atoms with Gasteiger partial charge in [0, 0.05) is 18.9 Å². The monoisotopic (exact) mass is 280 g/mol.